The maximum Gasteiger partial charge on any atom is 0.319 e. The minimum atomic E-state index is -0.375. The van der Waals surface area contributed by atoms with Gasteiger partial charge in [-0.15, -0.1) is 0 Å². The number of hydrogen-bond acceptors (Lipinski definition) is 3. The molecule has 3 N–H and O–H groups in total. The van der Waals surface area contributed by atoms with Crippen molar-refractivity contribution in [1.29, 1.82) is 0 Å². The standard InChI is InChI=1S/C17H26N2O3/c1-12(20)10-17(2,3)11-18-16(21)19-14-6-7-15-13(9-14)5-4-8-22-15/h6-7,9,12,20H,4-5,8,10-11H2,1-3H3,(H2,18,19,21). The number of carbonyl (C=O) groups excluding carboxylic acids is 1. The second-order valence-electron chi connectivity index (χ2n) is 6.80. The Kier molecular flexibility index (Phi) is 5.29. The molecule has 1 aromatic rings. The summed E-state index contributed by atoms with van der Waals surface area (Å²) in [4.78, 5) is 12.0. The average molecular weight is 306 g/mol. The molecule has 1 aliphatic rings. The fourth-order valence-corrected chi connectivity index (χ4v) is 2.80. The minimum Gasteiger partial charge on any atom is -0.493 e. The van der Waals surface area contributed by atoms with Crippen LogP contribution in [0.3, 0.4) is 0 Å². The van der Waals surface area contributed by atoms with Gasteiger partial charge in [-0.2, -0.15) is 0 Å². The largest absolute Gasteiger partial charge is 0.493 e. The van der Waals surface area contributed by atoms with Gasteiger partial charge in [0.05, 0.1) is 12.7 Å². The van der Waals surface area contributed by atoms with Crippen LogP contribution in [0.2, 0.25) is 0 Å². The minimum absolute atomic E-state index is 0.144. The van der Waals surface area contributed by atoms with E-state index in [-0.39, 0.29) is 17.6 Å². The van der Waals surface area contributed by atoms with E-state index in [0.717, 1.165) is 36.4 Å². The number of benzene rings is 1. The molecule has 22 heavy (non-hydrogen) atoms. The molecular formula is C17H26N2O3. The Morgan fingerprint density at radius 2 is 2.23 bits per heavy atom. The highest BCUT2D eigenvalue weighted by molar-refractivity contribution is 5.89. The molecule has 0 spiro atoms. The third-order valence-electron chi connectivity index (χ3n) is 3.74. The van der Waals surface area contributed by atoms with E-state index in [0.29, 0.717) is 13.0 Å². The van der Waals surface area contributed by atoms with Gasteiger partial charge >= 0.3 is 6.03 Å². The first-order chi connectivity index (χ1) is 10.4. The lowest BCUT2D eigenvalue weighted by Crippen LogP contribution is -2.38. The zero-order chi connectivity index (χ0) is 16.2. The molecule has 1 atom stereocenters. The lowest BCUT2D eigenvalue weighted by Gasteiger charge is -2.26. The summed E-state index contributed by atoms with van der Waals surface area (Å²) in [6.45, 7) is 7.08. The van der Waals surface area contributed by atoms with Crippen LogP contribution >= 0.6 is 0 Å². The Labute approximate surface area is 132 Å². The fraction of sp³-hybridized carbons (Fsp3) is 0.588. The molecule has 5 nitrogen and oxygen atoms in total. The highest BCUT2D eigenvalue weighted by Gasteiger charge is 2.21. The predicted octanol–water partition coefficient (Wildman–Crippen LogP) is 2.93. The number of aryl methyl sites for hydroxylation is 1. The van der Waals surface area contributed by atoms with Crippen molar-refractivity contribution >= 4 is 11.7 Å². The first kappa shape index (κ1) is 16.6. The Balaban J connectivity index is 1.87. The van der Waals surface area contributed by atoms with Crippen molar-refractivity contribution < 1.29 is 14.6 Å². The molecule has 0 saturated heterocycles. The van der Waals surface area contributed by atoms with Crippen LogP contribution in [-0.2, 0) is 6.42 Å². The summed E-state index contributed by atoms with van der Waals surface area (Å²) < 4.78 is 5.56. The number of nitrogens with one attached hydrogen (secondary N) is 2. The molecule has 0 radical (unpaired) electrons. The predicted molar refractivity (Wildman–Crippen MR) is 87.4 cm³/mol. The van der Waals surface area contributed by atoms with E-state index in [4.69, 9.17) is 4.74 Å². The van der Waals surface area contributed by atoms with Crippen LogP contribution in [0.1, 0.15) is 39.2 Å². The second-order valence-corrected chi connectivity index (χ2v) is 6.80. The van der Waals surface area contributed by atoms with Gasteiger partial charge in [0.1, 0.15) is 5.75 Å². The second kappa shape index (κ2) is 7.01. The number of amides is 2. The first-order valence-corrected chi connectivity index (χ1v) is 7.84. The molecule has 5 heteroatoms. The fourth-order valence-electron chi connectivity index (χ4n) is 2.80. The van der Waals surface area contributed by atoms with Gasteiger partial charge in [0, 0.05) is 12.2 Å². The zero-order valence-electron chi connectivity index (χ0n) is 13.6. The van der Waals surface area contributed by atoms with Gasteiger partial charge in [0.25, 0.3) is 0 Å². The van der Waals surface area contributed by atoms with E-state index in [1.54, 1.807) is 6.92 Å². The van der Waals surface area contributed by atoms with Crippen molar-refractivity contribution in [1.82, 2.24) is 5.32 Å². The van der Waals surface area contributed by atoms with Gasteiger partial charge < -0.3 is 20.5 Å². The maximum absolute atomic E-state index is 12.0. The van der Waals surface area contributed by atoms with Crippen molar-refractivity contribution in [3.63, 3.8) is 0 Å². The van der Waals surface area contributed by atoms with Crippen LogP contribution < -0.4 is 15.4 Å². The molecule has 0 fully saturated rings. The summed E-state index contributed by atoms with van der Waals surface area (Å²) in [6.07, 6.45) is 2.26. The lowest BCUT2D eigenvalue weighted by molar-refractivity contribution is 0.129. The van der Waals surface area contributed by atoms with Gasteiger partial charge in [0.15, 0.2) is 0 Å². The molecule has 1 aromatic carbocycles. The molecule has 0 bridgehead atoms. The highest BCUT2D eigenvalue weighted by Crippen LogP contribution is 2.27. The van der Waals surface area contributed by atoms with Crippen molar-refractivity contribution in [3.8, 4) is 5.75 Å². The Hall–Kier alpha value is -1.75. The summed E-state index contributed by atoms with van der Waals surface area (Å²) in [5, 5.41) is 15.2. The number of carbonyl (C=O) groups is 1. The zero-order valence-corrected chi connectivity index (χ0v) is 13.6. The smallest absolute Gasteiger partial charge is 0.319 e. The average Bonchev–Trinajstić information content (AvgIpc) is 2.44. The van der Waals surface area contributed by atoms with E-state index in [2.05, 4.69) is 10.6 Å². The number of ether oxygens (including phenoxy) is 1. The van der Waals surface area contributed by atoms with E-state index in [9.17, 15) is 9.90 Å². The van der Waals surface area contributed by atoms with Gasteiger partial charge in [-0.3, -0.25) is 0 Å². The van der Waals surface area contributed by atoms with Crippen LogP contribution in [0.4, 0.5) is 10.5 Å². The number of fused-ring (bicyclic) bond motifs is 1. The molecule has 1 aliphatic heterocycles. The highest BCUT2D eigenvalue weighted by atomic mass is 16.5. The maximum atomic E-state index is 12.0. The monoisotopic (exact) mass is 306 g/mol. The molecular weight excluding hydrogens is 280 g/mol. The topological polar surface area (TPSA) is 70.6 Å². The van der Waals surface area contributed by atoms with Crippen molar-refractivity contribution in [2.24, 2.45) is 5.41 Å². The SMILES string of the molecule is CC(O)CC(C)(C)CNC(=O)Nc1ccc2c(c1)CCCO2. The Bertz CT molecular complexity index is 527. The number of urea groups is 1. The third kappa shape index (κ3) is 4.91. The van der Waals surface area contributed by atoms with Crippen LogP contribution in [0, 0.1) is 5.41 Å². The van der Waals surface area contributed by atoms with Crippen LogP contribution in [0.5, 0.6) is 5.75 Å². The molecule has 0 aliphatic carbocycles. The number of anilines is 1. The quantitative estimate of drug-likeness (QED) is 0.783. The van der Waals surface area contributed by atoms with E-state index in [1.165, 1.54) is 0 Å². The van der Waals surface area contributed by atoms with Gasteiger partial charge in [-0.25, -0.2) is 4.79 Å². The molecule has 0 aromatic heterocycles. The molecule has 2 amide bonds. The molecule has 1 heterocycles. The number of aliphatic hydroxyl groups excluding tert-OH is 1. The lowest BCUT2D eigenvalue weighted by atomic mass is 9.87. The molecule has 0 saturated carbocycles. The summed E-state index contributed by atoms with van der Waals surface area (Å²) in [5.74, 6) is 0.912. The van der Waals surface area contributed by atoms with Crippen molar-refractivity contribution in [2.45, 2.75) is 46.1 Å². The normalized spacial score (nSPS) is 15.5. The van der Waals surface area contributed by atoms with Crippen LogP contribution in [0.25, 0.3) is 0 Å². The Morgan fingerprint density at radius 1 is 1.45 bits per heavy atom. The third-order valence-corrected chi connectivity index (χ3v) is 3.74. The first-order valence-electron chi connectivity index (χ1n) is 7.84. The van der Waals surface area contributed by atoms with Gasteiger partial charge in [-0.05, 0) is 55.4 Å². The van der Waals surface area contributed by atoms with E-state index in [1.807, 2.05) is 32.0 Å². The summed E-state index contributed by atoms with van der Waals surface area (Å²) in [5.41, 5.74) is 1.77. The molecule has 122 valence electrons. The van der Waals surface area contributed by atoms with Gasteiger partial charge in [-0.1, -0.05) is 13.8 Å². The number of hydrogen-bond donors (Lipinski definition) is 3. The Morgan fingerprint density at radius 3 is 2.95 bits per heavy atom. The van der Waals surface area contributed by atoms with Crippen molar-refractivity contribution in [3.05, 3.63) is 23.8 Å². The van der Waals surface area contributed by atoms with E-state index < -0.39 is 0 Å². The number of rotatable bonds is 5. The molecule has 2 rings (SSSR count). The summed E-state index contributed by atoms with van der Waals surface area (Å²) in [6, 6.07) is 5.50. The summed E-state index contributed by atoms with van der Waals surface area (Å²) in [7, 11) is 0. The van der Waals surface area contributed by atoms with Gasteiger partial charge in [0.2, 0.25) is 0 Å². The molecule has 1 unspecified atom stereocenters. The van der Waals surface area contributed by atoms with E-state index >= 15 is 0 Å². The van der Waals surface area contributed by atoms with Crippen molar-refractivity contribution in [2.75, 3.05) is 18.5 Å². The van der Waals surface area contributed by atoms with Crippen LogP contribution in [-0.4, -0.2) is 30.4 Å². The number of aliphatic hydroxyl groups is 1. The van der Waals surface area contributed by atoms with Crippen LogP contribution in [0.15, 0.2) is 18.2 Å². The summed E-state index contributed by atoms with van der Waals surface area (Å²) >= 11 is 0.